The molecule has 0 atom stereocenters. The van der Waals surface area contributed by atoms with Gasteiger partial charge in [-0.15, -0.1) is 0 Å². The highest BCUT2D eigenvalue weighted by atomic mass is 15.1. The Bertz CT molecular complexity index is 3990. The quantitative estimate of drug-likeness (QED) is 0.138. The van der Waals surface area contributed by atoms with Gasteiger partial charge in [-0.3, -0.25) is 0 Å². The van der Waals surface area contributed by atoms with Gasteiger partial charge in [-0.25, -0.2) is 0 Å². The first-order chi connectivity index (χ1) is 33.8. The second-order valence-corrected chi connectivity index (χ2v) is 17.6. The normalized spacial score (nSPS) is 11.5. The van der Waals surface area contributed by atoms with E-state index in [9.17, 15) is 0 Å². The highest BCUT2D eigenvalue weighted by molar-refractivity contribution is 6.22. The highest BCUT2D eigenvalue weighted by Gasteiger charge is 2.21. The van der Waals surface area contributed by atoms with Crippen LogP contribution in [0.25, 0.3) is 104 Å². The van der Waals surface area contributed by atoms with E-state index in [4.69, 9.17) is 0 Å². The molecule has 0 bridgehead atoms. The lowest BCUT2D eigenvalue weighted by atomic mass is 9.85. The molecule has 0 N–H and O–H groups in total. The van der Waals surface area contributed by atoms with Crippen LogP contribution in [0.2, 0.25) is 0 Å². The van der Waals surface area contributed by atoms with E-state index in [1.807, 2.05) is 0 Å². The number of nitrogens with zero attached hydrogens (tertiary/aromatic N) is 2. The Labute approximate surface area is 395 Å². The van der Waals surface area contributed by atoms with Crippen molar-refractivity contribution in [2.75, 3.05) is 4.90 Å². The van der Waals surface area contributed by atoms with Crippen LogP contribution < -0.4 is 4.90 Å². The van der Waals surface area contributed by atoms with E-state index in [0.29, 0.717) is 0 Å². The topological polar surface area (TPSA) is 8.17 Å². The van der Waals surface area contributed by atoms with E-state index in [0.717, 1.165) is 28.3 Å². The zero-order valence-electron chi connectivity index (χ0n) is 37.3. The van der Waals surface area contributed by atoms with Gasteiger partial charge in [-0.1, -0.05) is 206 Å². The van der Waals surface area contributed by atoms with Gasteiger partial charge >= 0.3 is 0 Å². The Hall–Kier alpha value is -8.98. The summed E-state index contributed by atoms with van der Waals surface area (Å²) in [6.07, 6.45) is 0. The molecular weight excluding hydrogens is 821 g/mol. The molecule has 318 valence electrons. The summed E-state index contributed by atoms with van der Waals surface area (Å²) in [6, 6.07) is 97.4. The first kappa shape index (κ1) is 39.4. The average molecular weight is 865 g/mol. The predicted molar refractivity (Wildman–Crippen MR) is 290 cm³/mol. The SMILES string of the molecule is c1ccc(-c2c(-c3ccc(N(c4ccc(-c5cccc6ccccc56)cc4)c4cccc(-c5cccc6c5c5ccccc5n6-c5ccccc5)c4)cc3)c3ccccc3c3ccccc23)cc1. The highest BCUT2D eigenvalue weighted by Crippen LogP contribution is 2.47. The summed E-state index contributed by atoms with van der Waals surface area (Å²) in [6.45, 7) is 0. The van der Waals surface area contributed by atoms with E-state index in [-0.39, 0.29) is 0 Å². The molecule has 0 aliphatic carbocycles. The van der Waals surface area contributed by atoms with Crippen LogP contribution in [-0.4, -0.2) is 4.57 Å². The molecule has 0 aliphatic heterocycles. The van der Waals surface area contributed by atoms with Crippen molar-refractivity contribution in [3.63, 3.8) is 0 Å². The van der Waals surface area contributed by atoms with E-state index in [1.165, 1.54) is 93.1 Å². The third-order valence-corrected chi connectivity index (χ3v) is 13.8. The van der Waals surface area contributed by atoms with Crippen molar-refractivity contribution in [2.45, 2.75) is 0 Å². The molecule has 12 aromatic carbocycles. The summed E-state index contributed by atoms with van der Waals surface area (Å²) < 4.78 is 2.39. The number of fused-ring (bicyclic) bond motifs is 7. The van der Waals surface area contributed by atoms with Crippen molar-refractivity contribution in [3.05, 3.63) is 267 Å². The Morgan fingerprint density at radius 2 is 0.735 bits per heavy atom. The molecule has 68 heavy (non-hydrogen) atoms. The third kappa shape index (κ3) is 6.57. The first-order valence-electron chi connectivity index (χ1n) is 23.4. The fourth-order valence-corrected chi connectivity index (χ4v) is 10.8. The largest absolute Gasteiger partial charge is 0.310 e. The maximum absolute atomic E-state index is 2.41. The molecule has 13 rings (SSSR count). The van der Waals surface area contributed by atoms with E-state index < -0.39 is 0 Å². The molecule has 13 aromatic rings. The Morgan fingerprint density at radius 1 is 0.265 bits per heavy atom. The molecule has 0 saturated heterocycles. The summed E-state index contributed by atoms with van der Waals surface area (Å²) in [4.78, 5) is 2.41. The van der Waals surface area contributed by atoms with Crippen LogP contribution in [-0.2, 0) is 0 Å². The molecule has 0 amide bonds. The Morgan fingerprint density at radius 3 is 1.43 bits per heavy atom. The number of aromatic nitrogens is 1. The van der Waals surface area contributed by atoms with Gasteiger partial charge in [0, 0.05) is 33.5 Å². The second kappa shape index (κ2) is 16.5. The van der Waals surface area contributed by atoms with Gasteiger partial charge in [-0.05, 0) is 137 Å². The Balaban J connectivity index is 0.989. The lowest BCUT2D eigenvalue weighted by Gasteiger charge is -2.27. The van der Waals surface area contributed by atoms with Crippen LogP contribution in [0.3, 0.4) is 0 Å². The van der Waals surface area contributed by atoms with Crippen molar-refractivity contribution in [1.82, 2.24) is 4.57 Å². The minimum Gasteiger partial charge on any atom is -0.310 e. The van der Waals surface area contributed by atoms with Crippen molar-refractivity contribution >= 4 is 71.2 Å². The molecule has 0 saturated carbocycles. The molecular formula is C66H44N2. The zero-order chi connectivity index (χ0) is 45.0. The van der Waals surface area contributed by atoms with Gasteiger partial charge in [-0.2, -0.15) is 0 Å². The van der Waals surface area contributed by atoms with Crippen LogP contribution in [0.15, 0.2) is 267 Å². The minimum absolute atomic E-state index is 1.08. The summed E-state index contributed by atoms with van der Waals surface area (Å²) in [5.41, 5.74) is 16.4. The number of hydrogen-bond acceptors (Lipinski definition) is 1. The monoisotopic (exact) mass is 864 g/mol. The minimum atomic E-state index is 1.08. The summed E-state index contributed by atoms with van der Waals surface area (Å²) >= 11 is 0. The van der Waals surface area contributed by atoms with Gasteiger partial charge < -0.3 is 9.47 Å². The van der Waals surface area contributed by atoms with Crippen LogP contribution in [0.4, 0.5) is 17.1 Å². The molecule has 0 aliphatic rings. The van der Waals surface area contributed by atoms with Gasteiger partial charge in [0.1, 0.15) is 0 Å². The lowest BCUT2D eigenvalue weighted by molar-refractivity contribution is 1.18. The van der Waals surface area contributed by atoms with Crippen LogP contribution in [0, 0.1) is 0 Å². The third-order valence-electron chi connectivity index (χ3n) is 13.8. The molecule has 0 unspecified atom stereocenters. The molecule has 1 heterocycles. The molecule has 0 spiro atoms. The maximum Gasteiger partial charge on any atom is 0.0547 e. The molecule has 2 nitrogen and oxygen atoms in total. The number of rotatable bonds is 8. The van der Waals surface area contributed by atoms with E-state index >= 15 is 0 Å². The van der Waals surface area contributed by atoms with E-state index in [1.54, 1.807) is 0 Å². The van der Waals surface area contributed by atoms with Gasteiger partial charge in [0.15, 0.2) is 0 Å². The summed E-state index contributed by atoms with van der Waals surface area (Å²) in [5, 5.41) is 9.99. The molecule has 1 aromatic heterocycles. The fourth-order valence-electron chi connectivity index (χ4n) is 10.8. The van der Waals surface area contributed by atoms with Crippen molar-refractivity contribution < 1.29 is 0 Å². The van der Waals surface area contributed by atoms with Crippen molar-refractivity contribution in [1.29, 1.82) is 0 Å². The smallest absolute Gasteiger partial charge is 0.0547 e. The van der Waals surface area contributed by atoms with Crippen LogP contribution >= 0.6 is 0 Å². The number of para-hydroxylation sites is 2. The maximum atomic E-state index is 2.41. The average Bonchev–Trinajstić information content (AvgIpc) is 3.76. The zero-order valence-corrected chi connectivity index (χ0v) is 37.3. The fraction of sp³-hybridized carbons (Fsp3) is 0. The molecule has 2 heteroatoms. The van der Waals surface area contributed by atoms with Crippen molar-refractivity contribution in [3.8, 4) is 50.2 Å². The van der Waals surface area contributed by atoms with Gasteiger partial charge in [0.25, 0.3) is 0 Å². The number of anilines is 3. The summed E-state index contributed by atoms with van der Waals surface area (Å²) in [7, 11) is 0. The van der Waals surface area contributed by atoms with Crippen molar-refractivity contribution in [2.24, 2.45) is 0 Å². The van der Waals surface area contributed by atoms with Crippen LogP contribution in [0.5, 0.6) is 0 Å². The Kier molecular flexibility index (Phi) is 9.54. The molecule has 0 fully saturated rings. The second-order valence-electron chi connectivity index (χ2n) is 17.6. The van der Waals surface area contributed by atoms with E-state index in [2.05, 4.69) is 276 Å². The van der Waals surface area contributed by atoms with Gasteiger partial charge in [0.2, 0.25) is 0 Å². The van der Waals surface area contributed by atoms with Gasteiger partial charge in [0.05, 0.1) is 11.0 Å². The first-order valence-corrected chi connectivity index (χ1v) is 23.4. The number of hydrogen-bond donors (Lipinski definition) is 0. The molecule has 0 radical (unpaired) electrons. The predicted octanol–water partition coefficient (Wildman–Crippen LogP) is 18.4. The summed E-state index contributed by atoms with van der Waals surface area (Å²) in [5.74, 6) is 0. The number of benzene rings is 12. The van der Waals surface area contributed by atoms with Crippen LogP contribution in [0.1, 0.15) is 0 Å². The lowest BCUT2D eigenvalue weighted by Crippen LogP contribution is -2.10. The standard InChI is InChI=1S/C66H44N2/c1-3-19-47(20-4-1)64-59-29-11-9-27-57(59)58-28-10-12-30-60(58)65(64)48-38-42-52(43-39-48)67(51-40-36-46(37-41-51)55-32-16-21-45-18-7-8-26-54(45)55)53-25-15-22-49(44-53)56-33-17-35-63-66(56)61-31-13-14-34-62(61)68(63)50-23-5-2-6-24-50/h1-44H.